The van der Waals surface area contributed by atoms with Crippen LogP contribution in [0.15, 0.2) is 39.1 Å². The number of hydrogen-bond donors (Lipinski definition) is 2. The van der Waals surface area contributed by atoms with E-state index in [-0.39, 0.29) is 10.7 Å². The van der Waals surface area contributed by atoms with Gasteiger partial charge in [-0.3, -0.25) is 4.72 Å². The number of nitrogens with two attached hydrogens (primary N) is 1. The average molecular weight is 348 g/mol. The van der Waals surface area contributed by atoms with Crippen molar-refractivity contribution in [2.75, 3.05) is 4.72 Å². The fourth-order valence-electron chi connectivity index (χ4n) is 1.26. The van der Waals surface area contributed by atoms with Crippen molar-refractivity contribution in [2.24, 2.45) is 5.73 Å². The topological polar surface area (TPSA) is 85.1 Å². The van der Waals surface area contributed by atoms with Gasteiger partial charge in [-0.15, -0.1) is 11.3 Å². The molecule has 18 heavy (non-hydrogen) atoms. The van der Waals surface area contributed by atoms with E-state index in [9.17, 15) is 8.42 Å². The fraction of sp³-hybridized carbons (Fsp3) is 0.100. The van der Waals surface area contributed by atoms with Gasteiger partial charge < -0.3 is 5.73 Å². The SMILES string of the molecule is NCc1cc(S(=O)(=O)Nc2ncccc2Br)cs1. The summed E-state index contributed by atoms with van der Waals surface area (Å²) < 4.78 is 27.2. The van der Waals surface area contributed by atoms with E-state index >= 15 is 0 Å². The molecular weight excluding hydrogens is 338 g/mol. The molecule has 0 bridgehead atoms. The molecule has 0 fully saturated rings. The van der Waals surface area contributed by atoms with Crippen molar-refractivity contribution in [1.29, 1.82) is 0 Å². The number of halogens is 1. The predicted octanol–water partition coefficient (Wildman–Crippen LogP) is 2.17. The van der Waals surface area contributed by atoms with Crippen LogP contribution in [0.1, 0.15) is 4.88 Å². The number of thiophene rings is 1. The van der Waals surface area contributed by atoms with E-state index in [0.29, 0.717) is 11.0 Å². The lowest BCUT2D eigenvalue weighted by Crippen LogP contribution is -2.13. The van der Waals surface area contributed by atoms with Crippen molar-refractivity contribution < 1.29 is 8.42 Å². The van der Waals surface area contributed by atoms with Gasteiger partial charge in [-0.2, -0.15) is 0 Å². The smallest absolute Gasteiger partial charge is 0.263 e. The number of anilines is 1. The van der Waals surface area contributed by atoms with Gasteiger partial charge in [-0.25, -0.2) is 13.4 Å². The van der Waals surface area contributed by atoms with Crippen molar-refractivity contribution in [3.8, 4) is 0 Å². The lowest BCUT2D eigenvalue weighted by molar-refractivity contribution is 0.601. The number of nitrogens with one attached hydrogen (secondary N) is 1. The molecule has 0 amide bonds. The standard InChI is InChI=1S/C10H10BrN3O2S2/c11-9-2-1-3-13-10(9)14-18(15,16)8-4-7(5-12)17-6-8/h1-4,6H,5,12H2,(H,13,14). The zero-order valence-corrected chi connectivity index (χ0v) is 12.3. The summed E-state index contributed by atoms with van der Waals surface area (Å²) >= 11 is 4.55. The van der Waals surface area contributed by atoms with Crippen LogP contribution >= 0.6 is 27.3 Å². The van der Waals surface area contributed by atoms with Crippen LogP contribution in [0.5, 0.6) is 0 Å². The van der Waals surface area contributed by atoms with Gasteiger partial charge in [0.2, 0.25) is 0 Å². The van der Waals surface area contributed by atoms with E-state index in [1.54, 1.807) is 23.6 Å². The zero-order valence-electron chi connectivity index (χ0n) is 9.13. The summed E-state index contributed by atoms with van der Waals surface area (Å²) in [5, 5.41) is 1.56. The van der Waals surface area contributed by atoms with Crippen LogP contribution in [0.25, 0.3) is 0 Å². The Balaban J connectivity index is 2.30. The third kappa shape index (κ3) is 2.89. The van der Waals surface area contributed by atoms with Crippen molar-refractivity contribution in [3.63, 3.8) is 0 Å². The third-order valence-corrected chi connectivity index (χ3v) is 5.20. The Hall–Kier alpha value is -0.960. The second-order valence-corrected chi connectivity index (χ2v) is 6.92. The van der Waals surface area contributed by atoms with Gasteiger partial charge in [-0.1, -0.05) is 0 Å². The van der Waals surface area contributed by atoms with E-state index in [1.807, 2.05) is 0 Å². The Morgan fingerprint density at radius 2 is 2.28 bits per heavy atom. The first kappa shape index (κ1) is 13.5. The second-order valence-electron chi connectivity index (χ2n) is 3.39. The summed E-state index contributed by atoms with van der Waals surface area (Å²) in [6, 6.07) is 4.98. The number of aromatic nitrogens is 1. The number of nitrogens with zero attached hydrogens (tertiary/aromatic N) is 1. The van der Waals surface area contributed by atoms with Gasteiger partial charge in [0, 0.05) is 23.0 Å². The highest BCUT2D eigenvalue weighted by molar-refractivity contribution is 9.10. The minimum atomic E-state index is -3.61. The molecule has 0 aliphatic rings. The largest absolute Gasteiger partial charge is 0.326 e. The molecule has 8 heteroatoms. The van der Waals surface area contributed by atoms with Gasteiger partial charge in [0.1, 0.15) is 0 Å². The highest BCUT2D eigenvalue weighted by atomic mass is 79.9. The first-order chi connectivity index (χ1) is 8.53. The molecule has 3 N–H and O–H groups in total. The molecule has 96 valence electrons. The Labute approximate surface area is 117 Å². The highest BCUT2D eigenvalue weighted by Gasteiger charge is 2.17. The number of sulfonamides is 1. The molecule has 0 saturated carbocycles. The molecule has 2 rings (SSSR count). The Morgan fingerprint density at radius 1 is 1.50 bits per heavy atom. The normalized spacial score (nSPS) is 11.4. The van der Waals surface area contributed by atoms with Crippen LogP contribution in [0.3, 0.4) is 0 Å². The molecule has 0 aromatic carbocycles. The minimum absolute atomic E-state index is 0.200. The molecule has 0 spiro atoms. The Bertz CT molecular complexity index is 655. The molecule has 0 atom stereocenters. The van der Waals surface area contributed by atoms with Crippen molar-refractivity contribution in [1.82, 2.24) is 4.98 Å². The maximum absolute atomic E-state index is 12.1. The summed E-state index contributed by atoms with van der Waals surface area (Å²) in [6.07, 6.45) is 1.52. The highest BCUT2D eigenvalue weighted by Crippen LogP contribution is 2.24. The fourth-order valence-corrected chi connectivity index (χ4v) is 3.93. The minimum Gasteiger partial charge on any atom is -0.326 e. The number of pyridine rings is 1. The van der Waals surface area contributed by atoms with Crippen molar-refractivity contribution in [3.05, 3.63) is 39.1 Å². The number of rotatable bonds is 4. The molecule has 0 saturated heterocycles. The monoisotopic (exact) mass is 347 g/mol. The van der Waals surface area contributed by atoms with Gasteiger partial charge in [0.25, 0.3) is 10.0 Å². The Kier molecular flexibility index (Phi) is 4.00. The summed E-state index contributed by atoms with van der Waals surface area (Å²) in [7, 11) is -3.61. The third-order valence-electron chi connectivity index (χ3n) is 2.13. The van der Waals surface area contributed by atoms with Gasteiger partial charge in [0.15, 0.2) is 5.82 Å². The van der Waals surface area contributed by atoms with Crippen LogP contribution < -0.4 is 10.5 Å². The van der Waals surface area contributed by atoms with Crippen LogP contribution in [0, 0.1) is 0 Å². The number of hydrogen-bond acceptors (Lipinski definition) is 5. The first-order valence-corrected chi connectivity index (χ1v) is 8.09. The van der Waals surface area contributed by atoms with Crippen molar-refractivity contribution >= 4 is 43.1 Å². The predicted molar refractivity (Wildman–Crippen MR) is 75.0 cm³/mol. The lowest BCUT2D eigenvalue weighted by atomic mass is 10.5. The van der Waals surface area contributed by atoms with E-state index in [4.69, 9.17) is 5.73 Å². The Morgan fingerprint density at radius 3 is 2.89 bits per heavy atom. The van der Waals surface area contributed by atoms with E-state index in [1.165, 1.54) is 17.5 Å². The van der Waals surface area contributed by atoms with E-state index in [2.05, 4.69) is 25.6 Å². The molecule has 2 heterocycles. The molecule has 0 aliphatic heterocycles. The summed E-state index contributed by atoms with van der Waals surface area (Å²) in [4.78, 5) is 4.97. The summed E-state index contributed by atoms with van der Waals surface area (Å²) in [5.41, 5.74) is 5.46. The molecule has 2 aromatic heterocycles. The molecular formula is C10H10BrN3O2S2. The van der Waals surface area contributed by atoms with Crippen LogP contribution in [0.4, 0.5) is 5.82 Å². The average Bonchev–Trinajstić information content (AvgIpc) is 2.81. The lowest BCUT2D eigenvalue weighted by Gasteiger charge is -2.06. The van der Waals surface area contributed by atoms with Crippen LogP contribution in [-0.2, 0) is 16.6 Å². The molecule has 5 nitrogen and oxygen atoms in total. The first-order valence-electron chi connectivity index (χ1n) is 4.94. The quantitative estimate of drug-likeness (QED) is 0.887. The summed E-state index contributed by atoms with van der Waals surface area (Å²) in [5.74, 6) is 0.262. The van der Waals surface area contributed by atoms with Gasteiger partial charge in [0.05, 0.1) is 9.37 Å². The van der Waals surface area contributed by atoms with Crippen LogP contribution in [-0.4, -0.2) is 13.4 Å². The maximum Gasteiger partial charge on any atom is 0.263 e. The van der Waals surface area contributed by atoms with Crippen LogP contribution in [0.2, 0.25) is 0 Å². The van der Waals surface area contributed by atoms with E-state index < -0.39 is 10.0 Å². The molecule has 0 unspecified atom stereocenters. The van der Waals surface area contributed by atoms with E-state index in [0.717, 1.165) is 4.88 Å². The second kappa shape index (κ2) is 5.35. The molecule has 0 aliphatic carbocycles. The maximum atomic E-state index is 12.1. The van der Waals surface area contributed by atoms with Crippen molar-refractivity contribution in [2.45, 2.75) is 11.4 Å². The van der Waals surface area contributed by atoms with Gasteiger partial charge in [-0.05, 0) is 34.1 Å². The molecule has 0 radical (unpaired) electrons. The molecule has 2 aromatic rings. The zero-order chi connectivity index (χ0) is 13.2. The summed E-state index contributed by atoms with van der Waals surface area (Å²) in [6.45, 7) is 0.327. The van der Waals surface area contributed by atoms with Gasteiger partial charge >= 0.3 is 0 Å².